The van der Waals surface area contributed by atoms with E-state index in [4.69, 9.17) is 4.74 Å². The molecule has 0 saturated heterocycles. The monoisotopic (exact) mass is 354 g/mol. The Labute approximate surface area is 118 Å². The van der Waals surface area contributed by atoms with Gasteiger partial charge < -0.3 is 4.74 Å². The second-order valence-electron chi connectivity index (χ2n) is 3.75. The molecule has 0 fully saturated rings. The van der Waals surface area contributed by atoms with E-state index in [0.717, 1.165) is 32.4 Å². The van der Waals surface area contributed by atoms with Crippen LogP contribution in [0.2, 0.25) is 0 Å². The van der Waals surface area contributed by atoms with Gasteiger partial charge in [-0.2, -0.15) is 0 Å². The summed E-state index contributed by atoms with van der Waals surface area (Å²) < 4.78 is 6.97. The molecular formula is C14H12Br2O. The fourth-order valence-corrected chi connectivity index (χ4v) is 2.32. The summed E-state index contributed by atoms with van der Waals surface area (Å²) >= 11 is 6.92. The van der Waals surface area contributed by atoms with Gasteiger partial charge in [-0.1, -0.05) is 56.1 Å². The van der Waals surface area contributed by atoms with E-state index < -0.39 is 0 Å². The Morgan fingerprint density at radius 3 is 2.59 bits per heavy atom. The van der Waals surface area contributed by atoms with E-state index in [0.29, 0.717) is 0 Å². The van der Waals surface area contributed by atoms with Crippen LogP contribution in [0.1, 0.15) is 11.1 Å². The standard InChI is InChI=1S/C14H12Br2O/c1-10-6-7-12(16)8-14(10)17-13-5-3-2-4-11(13)9-15/h2-8H,9H2,1H3. The molecule has 0 bridgehead atoms. The number of para-hydroxylation sites is 1. The van der Waals surface area contributed by atoms with Crippen molar-refractivity contribution in [3.8, 4) is 11.5 Å². The molecule has 0 radical (unpaired) electrons. The molecule has 0 aliphatic carbocycles. The van der Waals surface area contributed by atoms with Crippen LogP contribution in [0.25, 0.3) is 0 Å². The molecule has 0 heterocycles. The first-order chi connectivity index (χ1) is 8.20. The summed E-state index contributed by atoms with van der Waals surface area (Å²) in [5, 5.41) is 0.788. The molecule has 0 N–H and O–H groups in total. The molecule has 0 atom stereocenters. The molecule has 0 aliphatic rings. The molecule has 0 aromatic heterocycles. The largest absolute Gasteiger partial charge is 0.457 e. The lowest BCUT2D eigenvalue weighted by atomic mass is 10.2. The zero-order valence-corrected chi connectivity index (χ0v) is 12.6. The van der Waals surface area contributed by atoms with Crippen molar-refractivity contribution in [3.63, 3.8) is 0 Å². The first kappa shape index (κ1) is 12.7. The first-order valence-corrected chi connectivity index (χ1v) is 7.20. The summed E-state index contributed by atoms with van der Waals surface area (Å²) in [5.41, 5.74) is 2.27. The van der Waals surface area contributed by atoms with Crippen LogP contribution in [0, 0.1) is 6.92 Å². The number of benzene rings is 2. The van der Waals surface area contributed by atoms with Gasteiger partial charge in [0.1, 0.15) is 11.5 Å². The Morgan fingerprint density at radius 1 is 1.06 bits per heavy atom. The minimum Gasteiger partial charge on any atom is -0.457 e. The average molecular weight is 356 g/mol. The Morgan fingerprint density at radius 2 is 1.82 bits per heavy atom. The maximum absolute atomic E-state index is 5.95. The smallest absolute Gasteiger partial charge is 0.131 e. The number of halogens is 2. The van der Waals surface area contributed by atoms with Crippen LogP contribution < -0.4 is 4.74 Å². The quantitative estimate of drug-likeness (QED) is 0.665. The highest BCUT2D eigenvalue weighted by atomic mass is 79.9. The highest BCUT2D eigenvalue weighted by Gasteiger charge is 2.05. The fraction of sp³-hybridized carbons (Fsp3) is 0.143. The summed E-state index contributed by atoms with van der Waals surface area (Å²) in [5.74, 6) is 1.78. The molecule has 0 aliphatic heterocycles. The van der Waals surface area contributed by atoms with E-state index in [1.807, 2.05) is 43.3 Å². The summed E-state index contributed by atoms with van der Waals surface area (Å²) in [7, 11) is 0. The van der Waals surface area contributed by atoms with Gasteiger partial charge in [-0.25, -0.2) is 0 Å². The van der Waals surface area contributed by atoms with E-state index in [2.05, 4.69) is 37.9 Å². The fourth-order valence-electron chi connectivity index (χ4n) is 1.52. The topological polar surface area (TPSA) is 9.23 Å². The van der Waals surface area contributed by atoms with Gasteiger partial charge >= 0.3 is 0 Å². The van der Waals surface area contributed by atoms with Crippen molar-refractivity contribution in [3.05, 3.63) is 58.1 Å². The summed E-state index contributed by atoms with van der Waals surface area (Å²) in [6.07, 6.45) is 0. The second kappa shape index (κ2) is 5.69. The van der Waals surface area contributed by atoms with Crippen molar-refractivity contribution in [2.75, 3.05) is 0 Å². The van der Waals surface area contributed by atoms with Crippen LogP contribution in [0.15, 0.2) is 46.9 Å². The summed E-state index contributed by atoms with van der Waals surface area (Å²) in [6.45, 7) is 2.04. The zero-order valence-electron chi connectivity index (χ0n) is 9.41. The van der Waals surface area contributed by atoms with E-state index in [-0.39, 0.29) is 0 Å². The third-order valence-electron chi connectivity index (χ3n) is 2.49. The average Bonchev–Trinajstić information content (AvgIpc) is 2.34. The SMILES string of the molecule is Cc1ccc(Br)cc1Oc1ccccc1CBr. The van der Waals surface area contributed by atoms with Crippen molar-refractivity contribution in [1.82, 2.24) is 0 Å². The van der Waals surface area contributed by atoms with Gasteiger partial charge in [0, 0.05) is 15.4 Å². The molecular weight excluding hydrogens is 344 g/mol. The third-order valence-corrected chi connectivity index (χ3v) is 3.58. The van der Waals surface area contributed by atoms with Crippen molar-refractivity contribution in [1.29, 1.82) is 0 Å². The summed E-state index contributed by atoms with van der Waals surface area (Å²) in [6, 6.07) is 14.1. The Bertz CT molecular complexity index is 523. The van der Waals surface area contributed by atoms with Crippen molar-refractivity contribution in [2.24, 2.45) is 0 Å². The number of ether oxygens (including phenoxy) is 1. The first-order valence-electron chi connectivity index (χ1n) is 5.28. The summed E-state index contributed by atoms with van der Waals surface area (Å²) in [4.78, 5) is 0. The van der Waals surface area contributed by atoms with Crippen LogP contribution in [0.4, 0.5) is 0 Å². The number of hydrogen-bond acceptors (Lipinski definition) is 1. The lowest BCUT2D eigenvalue weighted by Crippen LogP contribution is -1.91. The minimum absolute atomic E-state index is 0.788. The highest BCUT2D eigenvalue weighted by Crippen LogP contribution is 2.30. The van der Waals surface area contributed by atoms with Crippen LogP contribution in [-0.4, -0.2) is 0 Å². The third kappa shape index (κ3) is 3.11. The van der Waals surface area contributed by atoms with Gasteiger partial charge in [0.25, 0.3) is 0 Å². The van der Waals surface area contributed by atoms with Crippen molar-refractivity contribution >= 4 is 31.9 Å². The predicted octanol–water partition coefficient (Wildman–Crippen LogP) is 5.44. The molecule has 0 unspecified atom stereocenters. The number of hydrogen-bond donors (Lipinski definition) is 0. The molecule has 0 spiro atoms. The van der Waals surface area contributed by atoms with E-state index in [9.17, 15) is 0 Å². The molecule has 2 aromatic rings. The predicted molar refractivity (Wildman–Crippen MR) is 78.0 cm³/mol. The van der Waals surface area contributed by atoms with Crippen LogP contribution >= 0.6 is 31.9 Å². The second-order valence-corrected chi connectivity index (χ2v) is 5.23. The molecule has 17 heavy (non-hydrogen) atoms. The normalized spacial score (nSPS) is 10.3. The molecule has 1 nitrogen and oxygen atoms in total. The molecule has 0 amide bonds. The molecule has 2 rings (SSSR count). The van der Waals surface area contributed by atoms with Gasteiger partial charge in [-0.05, 0) is 30.7 Å². The maximum atomic E-state index is 5.95. The Hall–Kier alpha value is -0.800. The Kier molecular flexibility index (Phi) is 4.24. The van der Waals surface area contributed by atoms with Crippen molar-refractivity contribution in [2.45, 2.75) is 12.3 Å². The Balaban J connectivity index is 2.34. The lowest BCUT2D eigenvalue weighted by molar-refractivity contribution is 0.474. The lowest BCUT2D eigenvalue weighted by Gasteiger charge is -2.11. The molecule has 3 heteroatoms. The van der Waals surface area contributed by atoms with Crippen molar-refractivity contribution < 1.29 is 4.74 Å². The van der Waals surface area contributed by atoms with E-state index >= 15 is 0 Å². The van der Waals surface area contributed by atoms with Gasteiger partial charge in [0.05, 0.1) is 0 Å². The van der Waals surface area contributed by atoms with E-state index in [1.165, 1.54) is 0 Å². The van der Waals surface area contributed by atoms with Gasteiger partial charge in [0.2, 0.25) is 0 Å². The number of alkyl halides is 1. The van der Waals surface area contributed by atoms with Crippen LogP contribution in [0.5, 0.6) is 11.5 Å². The number of aryl methyl sites for hydroxylation is 1. The zero-order chi connectivity index (χ0) is 12.3. The molecule has 2 aromatic carbocycles. The number of rotatable bonds is 3. The molecule has 88 valence electrons. The molecule has 0 saturated carbocycles. The van der Waals surface area contributed by atoms with Crippen LogP contribution in [0.3, 0.4) is 0 Å². The maximum Gasteiger partial charge on any atom is 0.131 e. The highest BCUT2D eigenvalue weighted by molar-refractivity contribution is 9.10. The minimum atomic E-state index is 0.788. The van der Waals surface area contributed by atoms with Gasteiger partial charge in [-0.3, -0.25) is 0 Å². The van der Waals surface area contributed by atoms with Gasteiger partial charge in [0.15, 0.2) is 0 Å². The van der Waals surface area contributed by atoms with Gasteiger partial charge in [-0.15, -0.1) is 0 Å². The van der Waals surface area contributed by atoms with E-state index in [1.54, 1.807) is 0 Å². The van der Waals surface area contributed by atoms with Crippen LogP contribution in [-0.2, 0) is 5.33 Å².